The average molecular weight is 697 g/mol. The summed E-state index contributed by atoms with van der Waals surface area (Å²) in [5, 5.41) is 3.74. The molecule has 4 aromatic carbocycles. The fraction of sp³-hybridized carbons (Fsp3) is 0.212. The second-order valence-electron chi connectivity index (χ2n) is 9.76. The molecule has 0 amide bonds. The number of rotatable bonds is 13. The van der Waals surface area contributed by atoms with Gasteiger partial charge in [-0.15, -0.1) is 0 Å². The van der Waals surface area contributed by atoms with Crippen molar-refractivity contribution in [3.05, 3.63) is 123 Å². The van der Waals surface area contributed by atoms with Gasteiger partial charge in [-0.05, 0) is 96.0 Å². The second kappa shape index (κ2) is 14.4. The first kappa shape index (κ1) is 32.4. The third kappa shape index (κ3) is 7.12. The Morgan fingerprint density at radius 2 is 1.62 bits per heavy atom. The minimum atomic E-state index is -3.72. The molecule has 234 valence electrons. The molecule has 0 radical (unpaired) electrons. The zero-order chi connectivity index (χ0) is 32.0. The van der Waals surface area contributed by atoms with E-state index in [1.165, 1.54) is 35.9 Å². The maximum absolute atomic E-state index is 14.1. The Labute approximate surface area is 268 Å². The van der Waals surface area contributed by atoms with E-state index in [4.69, 9.17) is 23.5 Å². The molecule has 0 fully saturated rings. The minimum Gasteiger partial charge on any atom is -0.493 e. The largest absolute Gasteiger partial charge is 0.493 e. The highest BCUT2D eigenvalue weighted by Crippen LogP contribution is 2.61. The van der Waals surface area contributed by atoms with Crippen molar-refractivity contribution in [2.75, 3.05) is 25.6 Å². The summed E-state index contributed by atoms with van der Waals surface area (Å²) in [5.74, 6) is -0.292. The maximum Gasteiger partial charge on any atom is 0.357 e. The Balaban J connectivity index is 1.52. The monoisotopic (exact) mass is 695 g/mol. The molecule has 0 aliphatic rings. The predicted molar refractivity (Wildman–Crippen MR) is 176 cm³/mol. The van der Waals surface area contributed by atoms with E-state index in [0.717, 1.165) is 4.47 Å². The standard InChI is InChI=1S/C33H32BrFN3O6P/c1-4-43-45(40,44-5-2)32(37-28-13-9-7-11-26(28)34)22-14-19-29(30(20-22)41-3)42-21-31-36-27-12-8-6-10-25(27)33(39)38(31)24-17-15-23(35)16-18-24/h6-20,32,37H,4-5,21H2,1-3H3. The van der Waals surface area contributed by atoms with Gasteiger partial charge in [0.05, 0.1) is 36.9 Å². The predicted octanol–water partition coefficient (Wildman–Crippen LogP) is 8.25. The van der Waals surface area contributed by atoms with Crippen molar-refractivity contribution in [1.82, 2.24) is 9.55 Å². The normalized spacial score (nSPS) is 12.2. The fourth-order valence-corrected chi connectivity index (χ4v) is 7.18. The van der Waals surface area contributed by atoms with Crippen LogP contribution in [-0.2, 0) is 20.2 Å². The molecule has 0 saturated carbocycles. The van der Waals surface area contributed by atoms with Crippen molar-refractivity contribution < 1.29 is 27.5 Å². The van der Waals surface area contributed by atoms with Crippen molar-refractivity contribution in [3.63, 3.8) is 0 Å². The van der Waals surface area contributed by atoms with Crippen molar-refractivity contribution in [2.45, 2.75) is 26.2 Å². The summed E-state index contributed by atoms with van der Waals surface area (Å²) in [6.45, 7) is 3.76. The molecular weight excluding hydrogens is 664 g/mol. The number of ether oxygens (including phenoxy) is 2. The summed E-state index contributed by atoms with van der Waals surface area (Å²) in [6, 6.07) is 25.2. The van der Waals surface area contributed by atoms with Crippen molar-refractivity contribution in [1.29, 1.82) is 0 Å². The van der Waals surface area contributed by atoms with Gasteiger partial charge in [-0.1, -0.05) is 30.3 Å². The van der Waals surface area contributed by atoms with Crippen molar-refractivity contribution in [3.8, 4) is 17.2 Å². The Bertz CT molecular complexity index is 1890. The highest BCUT2D eigenvalue weighted by atomic mass is 79.9. The van der Waals surface area contributed by atoms with E-state index in [2.05, 4.69) is 21.2 Å². The topological polar surface area (TPSA) is 101 Å². The molecule has 0 bridgehead atoms. The van der Waals surface area contributed by atoms with Crippen molar-refractivity contribution >= 4 is 40.1 Å². The summed E-state index contributed by atoms with van der Waals surface area (Å²) < 4.78 is 53.3. The molecule has 5 rings (SSSR count). The number of nitrogens with one attached hydrogen (secondary N) is 1. The zero-order valence-corrected chi connectivity index (χ0v) is 27.4. The molecule has 0 spiro atoms. The Morgan fingerprint density at radius 3 is 2.31 bits per heavy atom. The van der Waals surface area contributed by atoms with Crippen LogP contribution in [0, 0.1) is 5.82 Å². The Hall–Kier alpha value is -4.02. The van der Waals surface area contributed by atoms with E-state index in [0.29, 0.717) is 45.2 Å². The van der Waals surface area contributed by atoms with Crippen LogP contribution in [0.2, 0.25) is 0 Å². The van der Waals surface area contributed by atoms with Crippen LogP contribution in [-0.4, -0.2) is 29.9 Å². The van der Waals surface area contributed by atoms with Gasteiger partial charge >= 0.3 is 7.60 Å². The number of aromatic nitrogens is 2. The molecule has 1 N–H and O–H groups in total. The Kier molecular flexibility index (Phi) is 10.4. The molecule has 1 unspecified atom stereocenters. The molecule has 1 aromatic heterocycles. The highest BCUT2D eigenvalue weighted by molar-refractivity contribution is 9.10. The van der Waals surface area contributed by atoms with Gasteiger partial charge in [0, 0.05) is 10.2 Å². The van der Waals surface area contributed by atoms with Crippen LogP contribution >= 0.6 is 23.5 Å². The van der Waals surface area contributed by atoms with Crippen LogP contribution in [0.1, 0.15) is 31.0 Å². The lowest BCUT2D eigenvalue weighted by Crippen LogP contribution is -2.25. The molecule has 0 saturated heterocycles. The zero-order valence-electron chi connectivity index (χ0n) is 24.9. The summed E-state index contributed by atoms with van der Waals surface area (Å²) in [6.07, 6.45) is 0. The van der Waals surface area contributed by atoms with Gasteiger partial charge in [0.1, 0.15) is 12.4 Å². The first-order chi connectivity index (χ1) is 21.8. The number of hydrogen-bond donors (Lipinski definition) is 1. The minimum absolute atomic E-state index is 0.109. The Morgan fingerprint density at radius 1 is 0.933 bits per heavy atom. The SMILES string of the molecule is CCOP(=O)(OCC)C(Nc1ccccc1Br)c1ccc(OCc2nc3ccccc3c(=O)n2-c2ccc(F)cc2)c(OC)c1. The molecule has 12 heteroatoms. The third-order valence-electron chi connectivity index (χ3n) is 6.89. The number of halogens is 2. The molecule has 1 heterocycles. The fourth-order valence-electron chi connectivity index (χ4n) is 4.86. The molecular formula is C33H32BrFN3O6P. The van der Waals surface area contributed by atoms with E-state index in [-0.39, 0.29) is 25.4 Å². The van der Waals surface area contributed by atoms with Crippen LogP contribution < -0.4 is 20.3 Å². The van der Waals surface area contributed by atoms with E-state index in [1.54, 1.807) is 56.3 Å². The van der Waals surface area contributed by atoms with Gasteiger partial charge in [-0.2, -0.15) is 0 Å². The number of fused-ring (bicyclic) bond motifs is 1. The van der Waals surface area contributed by atoms with E-state index >= 15 is 0 Å². The van der Waals surface area contributed by atoms with Gasteiger partial charge in [0.25, 0.3) is 5.56 Å². The number of methoxy groups -OCH3 is 1. The highest BCUT2D eigenvalue weighted by Gasteiger charge is 2.38. The van der Waals surface area contributed by atoms with Crippen LogP contribution in [0.3, 0.4) is 0 Å². The lowest BCUT2D eigenvalue weighted by Gasteiger charge is -2.29. The lowest BCUT2D eigenvalue weighted by atomic mass is 10.2. The molecule has 45 heavy (non-hydrogen) atoms. The second-order valence-corrected chi connectivity index (χ2v) is 12.7. The van der Waals surface area contributed by atoms with Crippen LogP contribution in [0.4, 0.5) is 10.1 Å². The molecule has 0 aliphatic heterocycles. The summed E-state index contributed by atoms with van der Waals surface area (Å²) >= 11 is 3.54. The first-order valence-corrected chi connectivity index (χ1v) is 16.7. The lowest BCUT2D eigenvalue weighted by molar-refractivity contribution is 0.214. The van der Waals surface area contributed by atoms with Gasteiger partial charge in [0.2, 0.25) is 0 Å². The molecule has 0 aliphatic carbocycles. The summed E-state index contributed by atoms with van der Waals surface area (Å²) in [4.78, 5) is 18.3. The first-order valence-electron chi connectivity index (χ1n) is 14.2. The van der Waals surface area contributed by atoms with E-state index in [1.807, 2.05) is 24.3 Å². The number of nitrogens with zero attached hydrogens (tertiary/aromatic N) is 2. The van der Waals surface area contributed by atoms with Crippen molar-refractivity contribution in [2.24, 2.45) is 0 Å². The third-order valence-corrected chi connectivity index (χ3v) is 9.88. The van der Waals surface area contributed by atoms with Crippen LogP contribution in [0.15, 0.2) is 100 Å². The molecule has 9 nitrogen and oxygen atoms in total. The quantitative estimate of drug-likeness (QED) is 0.123. The molecule has 1 atom stereocenters. The van der Waals surface area contributed by atoms with Crippen LogP contribution in [0.25, 0.3) is 16.6 Å². The number of para-hydroxylation sites is 2. The average Bonchev–Trinajstić information content (AvgIpc) is 3.04. The van der Waals surface area contributed by atoms with Gasteiger partial charge in [0.15, 0.2) is 23.1 Å². The smallest absolute Gasteiger partial charge is 0.357 e. The number of benzene rings is 4. The number of hydrogen-bond acceptors (Lipinski definition) is 8. The van der Waals surface area contributed by atoms with Gasteiger partial charge < -0.3 is 23.8 Å². The summed E-state index contributed by atoms with van der Waals surface area (Å²) in [7, 11) is -2.23. The van der Waals surface area contributed by atoms with Crippen LogP contribution in [0.5, 0.6) is 11.5 Å². The van der Waals surface area contributed by atoms with Gasteiger partial charge in [-0.3, -0.25) is 13.9 Å². The van der Waals surface area contributed by atoms with E-state index < -0.39 is 19.2 Å². The van der Waals surface area contributed by atoms with Gasteiger partial charge in [-0.25, -0.2) is 9.37 Å². The summed E-state index contributed by atoms with van der Waals surface area (Å²) in [5.41, 5.74) is 1.92. The number of anilines is 1. The molecule has 5 aromatic rings. The van der Waals surface area contributed by atoms with E-state index in [9.17, 15) is 13.8 Å². The maximum atomic E-state index is 14.1.